The van der Waals surface area contributed by atoms with Gasteiger partial charge in [-0.25, -0.2) is 0 Å². The van der Waals surface area contributed by atoms with E-state index in [1.165, 1.54) is 0 Å². The molecular weight excluding hydrogens is 178 g/mol. The standard InChI is InChI=1S/C10H21N3O/c1-12(2)8-9-13-6-3-4-10(14)11-5-7-13/h3-9H2,1-2H3,(H,11,14). The van der Waals surface area contributed by atoms with Crippen LogP contribution in [0.3, 0.4) is 0 Å². The van der Waals surface area contributed by atoms with Crippen LogP contribution in [-0.4, -0.2) is 62.5 Å². The Labute approximate surface area is 86.2 Å². The number of carbonyl (C=O) groups excluding carboxylic acids is 1. The number of carbonyl (C=O) groups is 1. The molecule has 1 amide bonds. The van der Waals surface area contributed by atoms with Gasteiger partial charge in [0.2, 0.25) is 5.91 Å². The number of nitrogens with one attached hydrogen (secondary N) is 1. The van der Waals surface area contributed by atoms with Crippen molar-refractivity contribution < 1.29 is 4.79 Å². The van der Waals surface area contributed by atoms with Gasteiger partial charge in [0.1, 0.15) is 0 Å². The zero-order chi connectivity index (χ0) is 10.4. The number of likely N-dealkylation sites (N-methyl/N-ethyl adjacent to an activating group) is 1. The van der Waals surface area contributed by atoms with Crippen molar-refractivity contribution in [1.82, 2.24) is 15.1 Å². The van der Waals surface area contributed by atoms with Crippen LogP contribution in [0.2, 0.25) is 0 Å². The van der Waals surface area contributed by atoms with Gasteiger partial charge in [0.15, 0.2) is 0 Å². The monoisotopic (exact) mass is 199 g/mol. The van der Waals surface area contributed by atoms with Gasteiger partial charge in [-0.2, -0.15) is 0 Å². The molecule has 4 nitrogen and oxygen atoms in total. The number of hydrogen-bond acceptors (Lipinski definition) is 3. The summed E-state index contributed by atoms with van der Waals surface area (Å²) in [6, 6.07) is 0. The summed E-state index contributed by atoms with van der Waals surface area (Å²) in [6.07, 6.45) is 1.66. The van der Waals surface area contributed by atoms with E-state index in [9.17, 15) is 4.79 Å². The van der Waals surface area contributed by atoms with Gasteiger partial charge < -0.3 is 15.1 Å². The fraction of sp³-hybridized carbons (Fsp3) is 0.900. The second-order valence-corrected chi connectivity index (χ2v) is 4.10. The van der Waals surface area contributed by atoms with Crippen molar-refractivity contribution in [2.24, 2.45) is 0 Å². The Morgan fingerprint density at radius 3 is 2.93 bits per heavy atom. The lowest BCUT2D eigenvalue weighted by atomic mass is 10.2. The molecule has 1 saturated heterocycles. The molecule has 0 aromatic heterocycles. The van der Waals surface area contributed by atoms with E-state index >= 15 is 0 Å². The summed E-state index contributed by atoms with van der Waals surface area (Å²) < 4.78 is 0. The van der Waals surface area contributed by atoms with E-state index in [1.807, 2.05) is 0 Å². The third kappa shape index (κ3) is 4.58. The number of rotatable bonds is 3. The minimum atomic E-state index is 0.206. The number of hydrogen-bond donors (Lipinski definition) is 1. The Balaban J connectivity index is 2.21. The van der Waals surface area contributed by atoms with Crippen molar-refractivity contribution in [3.8, 4) is 0 Å². The molecule has 1 fully saturated rings. The molecule has 0 saturated carbocycles. The average molecular weight is 199 g/mol. The van der Waals surface area contributed by atoms with Crippen LogP contribution >= 0.6 is 0 Å². The third-order valence-electron chi connectivity index (χ3n) is 2.49. The lowest BCUT2D eigenvalue weighted by molar-refractivity contribution is -0.121. The molecule has 0 aromatic rings. The van der Waals surface area contributed by atoms with E-state index in [2.05, 4.69) is 29.2 Å². The first kappa shape index (κ1) is 11.5. The first-order valence-corrected chi connectivity index (χ1v) is 5.32. The molecule has 0 spiro atoms. The van der Waals surface area contributed by atoms with Gasteiger partial charge in [0.25, 0.3) is 0 Å². The summed E-state index contributed by atoms with van der Waals surface area (Å²) in [6.45, 7) is 5.03. The van der Waals surface area contributed by atoms with E-state index in [0.717, 1.165) is 39.1 Å². The van der Waals surface area contributed by atoms with Crippen LogP contribution in [0.15, 0.2) is 0 Å². The lowest BCUT2D eigenvalue weighted by Crippen LogP contribution is -2.41. The van der Waals surface area contributed by atoms with E-state index in [0.29, 0.717) is 6.42 Å². The van der Waals surface area contributed by atoms with E-state index in [-0.39, 0.29) is 5.91 Å². The molecule has 1 aliphatic heterocycles. The molecule has 1 N–H and O–H groups in total. The summed E-state index contributed by atoms with van der Waals surface area (Å²) in [5, 5.41) is 2.91. The van der Waals surface area contributed by atoms with Crippen LogP contribution in [0.4, 0.5) is 0 Å². The molecule has 0 unspecified atom stereocenters. The van der Waals surface area contributed by atoms with Crippen molar-refractivity contribution in [2.45, 2.75) is 12.8 Å². The summed E-state index contributed by atoms with van der Waals surface area (Å²) >= 11 is 0. The predicted octanol–water partition coefficient (Wildman–Crippen LogP) is -0.240. The van der Waals surface area contributed by atoms with Gasteiger partial charge in [0.05, 0.1) is 0 Å². The number of nitrogens with zero attached hydrogens (tertiary/aromatic N) is 2. The molecule has 0 bridgehead atoms. The highest BCUT2D eigenvalue weighted by Gasteiger charge is 2.10. The predicted molar refractivity (Wildman–Crippen MR) is 57.2 cm³/mol. The van der Waals surface area contributed by atoms with Gasteiger partial charge >= 0.3 is 0 Å². The van der Waals surface area contributed by atoms with E-state index in [4.69, 9.17) is 0 Å². The second kappa shape index (κ2) is 5.98. The van der Waals surface area contributed by atoms with Crippen molar-refractivity contribution in [1.29, 1.82) is 0 Å². The molecule has 1 aliphatic rings. The summed E-state index contributed by atoms with van der Waals surface area (Å²) in [7, 11) is 4.18. The largest absolute Gasteiger partial charge is 0.355 e. The zero-order valence-electron chi connectivity index (χ0n) is 9.25. The van der Waals surface area contributed by atoms with Gasteiger partial charge in [-0.05, 0) is 27.1 Å². The Morgan fingerprint density at radius 2 is 2.21 bits per heavy atom. The number of amides is 1. The first-order valence-electron chi connectivity index (χ1n) is 5.32. The zero-order valence-corrected chi connectivity index (χ0v) is 9.25. The van der Waals surface area contributed by atoms with Crippen molar-refractivity contribution in [3.63, 3.8) is 0 Å². The van der Waals surface area contributed by atoms with Crippen molar-refractivity contribution in [3.05, 3.63) is 0 Å². The molecule has 0 aromatic carbocycles. The maximum Gasteiger partial charge on any atom is 0.220 e. The Hall–Kier alpha value is -0.610. The van der Waals surface area contributed by atoms with E-state index < -0.39 is 0 Å². The Morgan fingerprint density at radius 1 is 1.43 bits per heavy atom. The van der Waals surface area contributed by atoms with Crippen molar-refractivity contribution >= 4 is 5.91 Å². The normalized spacial score (nSPS) is 20.4. The molecule has 1 heterocycles. The highest BCUT2D eigenvalue weighted by molar-refractivity contribution is 5.75. The van der Waals surface area contributed by atoms with Gasteiger partial charge in [-0.1, -0.05) is 0 Å². The second-order valence-electron chi connectivity index (χ2n) is 4.10. The van der Waals surface area contributed by atoms with Crippen LogP contribution in [0.25, 0.3) is 0 Å². The average Bonchev–Trinajstić information content (AvgIpc) is 2.08. The molecule has 14 heavy (non-hydrogen) atoms. The summed E-state index contributed by atoms with van der Waals surface area (Å²) in [4.78, 5) is 15.7. The minimum Gasteiger partial charge on any atom is -0.355 e. The van der Waals surface area contributed by atoms with Gasteiger partial charge in [0, 0.05) is 32.6 Å². The maximum atomic E-state index is 11.1. The quantitative estimate of drug-likeness (QED) is 0.681. The smallest absolute Gasteiger partial charge is 0.220 e. The Kier molecular flexibility index (Phi) is 4.90. The fourth-order valence-corrected chi connectivity index (χ4v) is 1.58. The van der Waals surface area contributed by atoms with Crippen LogP contribution in [0.5, 0.6) is 0 Å². The van der Waals surface area contributed by atoms with E-state index in [1.54, 1.807) is 0 Å². The molecular formula is C10H21N3O. The molecule has 82 valence electrons. The van der Waals surface area contributed by atoms with Crippen LogP contribution in [-0.2, 0) is 4.79 Å². The fourth-order valence-electron chi connectivity index (χ4n) is 1.58. The van der Waals surface area contributed by atoms with Gasteiger partial charge in [-0.15, -0.1) is 0 Å². The maximum absolute atomic E-state index is 11.1. The van der Waals surface area contributed by atoms with Crippen molar-refractivity contribution in [2.75, 3.05) is 46.8 Å². The minimum absolute atomic E-state index is 0.206. The summed E-state index contributed by atoms with van der Waals surface area (Å²) in [5.74, 6) is 0.206. The molecule has 0 radical (unpaired) electrons. The summed E-state index contributed by atoms with van der Waals surface area (Å²) in [5.41, 5.74) is 0. The molecule has 4 heteroatoms. The highest BCUT2D eigenvalue weighted by atomic mass is 16.1. The third-order valence-corrected chi connectivity index (χ3v) is 2.49. The molecule has 0 atom stereocenters. The van der Waals surface area contributed by atoms with Crippen LogP contribution in [0, 0.1) is 0 Å². The van der Waals surface area contributed by atoms with Crippen LogP contribution < -0.4 is 5.32 Å². The molecule has 1 rings (SSSR count). The Bertz CT molecular complexity index is 170. The van der Waals surface area contributed by atoms with Gasteiger partial charge in [-0.3, -0.25) is 4.79 Å². The topological polar surface area (TPSA) is 35.6 Å². The highest BCUT2D eigenvalue weighted by Crippen LogP contribution is 1.98. The SMILES string of the molecule is CN(C)CCN1CCCC(=O)NCC1. The lowest BCUT2D eigenvalue weighted by Gasteiger charge is -2.25. The first-order chi connectivity index (χ1) is 6.68. The molecule has 0 aliphatic carbocycles. The van der Waals surface area contributed by atoms with Crippen LogP contribution in [0.1, 0.15) is 12.8 Å².